The first-order valence-electron chi connectivity index (χ1n) is 8.72. The molecule has 1 fully saturated rings. The minimum Gasteiger partial charge on any atom is -0.460 e. The molecular weight excluding hydrogens is 314 g/mol. The molecule has 3 aromatic rings. The lowest BCUT2D eigenvalue weighted by Crippen LogP contribution is -2.16. The Morgan fingerprint density at radius 3 is 2.68 bits per heavy atom. The second kappa shape index (κ2) is 6.61. The Labute approximate surface area is 144 Å². The first kappa shape index (κ1) is 15.7. The maximum Gasteiger partial charge on any atom is 0.192 e. The van der Waals surface area contributed by atoms with Crippen molar-refractivity contribution in [2.45, 2.75) is 31.6 Å². The fourth-order valence-electron chi connectivity index (χ4n) is 3.88. The van der Waals surface area contributed by atoms with Gasteiger partial charge in [0.15, 0.2) is 5.43 Å². The molecule has 25 heavy (non-hydrogen) atoms. The summed E-state index contributed by atoms with van der Waals surface area (Å²) in [6.45, 7) is 0.565. The van der Waals surface area contributed by atoms with Crippen LogP contribution in [0.15, 0.2) is 56.8 Å². The van der Waals surface area contributed by atoms with Crippen LogP contribution >= 0.6 is 0 Å². The Morgan fingerprint density at radius 1 is 1.08 bits per heavy atom. The topological polar surface area (TPSA) is 79.0 Å². The molecule has 5 nitrogen and oxygen atoms in total. The third-order valence-corrected chi connectivity index (χ3v) is 5.29. The third kappa shape index (κ3) is 2.99. The molecule has 2 aromatic carbocycles. The molecule has 0 radical (unpaired) electrons. The zero-order chi connectivity index (χ0) is 17.2. The highest BCUT2D eigenvalue weighted by Crippen LogP contribution is 2.37. The number of hydrogen-bond donors (Lipinski definition) is 0. The van der Waals surface area contributed by atoms with Crippen LogP contribution in [0.2, 0.25) is 0 Å². The summed E-state index contributed by atoms with van der Waals surface area (Å²) >= 11 is 0. The van der Waals surface area contributed by atoms with Gasteiger partial charge in [0.05, 0.1) is 5.39 Å². The Kier molecular flexibility index (Phi) is 4.16. The Morgan fingerprint density at radius 2 is 1.88 bits per heavy atom. The van der Waals surface area contributed by atoms with Crippen LogP contribution in [0.4, 0.5) is 0 Å². The van der Waals surface area contributed by atoms with E-state index < -0.39 is 0 Å². The number of rotatable bonds is 3. The van der Waals surface area contributed by atoms with Gasteiger partial charge in [-0.05, 0) is 48.6 Å². The molecule has 1 aliphatic rings. The summed E-state index contributed by atoms with van der Waals surface area (Å²) in [5.41, 5.74) is 9.17. The molecule has 1 aromatic heterocycles. The zero-order valence-electron chi connectivity index (χ0n) is 13.9. The molecule has 5 heteroatoms. The maximum atomic E-state index is 12.6. The van der Waals surface area contributed by atoms with Gasteiger partial charge in [-0.3, -0.25) is 4.79 Å². The summed E-state index contributed by atoms with van der Waals surface area (Å²) < 4.78 is 6.23. The largest absolute Gasteiger partial charge is 0.460 e. The van der Waals surface area contributed by atoms with E-state index in [0.29, 0.717) is 23.4 Å². The van der Waals surface area contributed by atoms with Crippen LogP contribution in [0.5, 0.6) is 0 Å². The summed E-state index contributed by atoms with van der Waals surface area (Å²) in [4.78, 5) is 15.4. The summed E-state index contributed by atoms with van der Waals surface area (Å²) in [6.07, 6.45) is 3.93. The molecule has 0 bridgehead atoms. The Balaban J connectivity index is 1.70. The van der Waals surface area contributed by atoms with Gasteiger partial charge < -0.3 is 4.42 Å². The van der Waals surface area contributed by atoms with Crippen LogP contribution in [0.25, 0.3) is 32.2 Å². The van der Waals surface area contributed by atoms with Crippen LogP contribution < -0.4 is 5.43 Å². The van der Waals surface area contributed by atoms with Gasteiger partial charge in [0.2, 0.25) is 0 Å². The van der Waals surface area contributed by atoms with E-state index in [1.807, 2.05) is 36.4 Å². The second-order valence-electron chi connectivity index (χ2n) is 6.81. The van der Waals surface area contributed by atoms with Gasteiger partial charge in [-0.1, -0.05) is 35.4 Å². The van der Waals surface area contributed by atoms with E-state index >= 15 is 0 Å². The van der Waals surface area contributed by atoms with E-state index in [1.165, 1.54) is 0 Å². The van der Waals surface area contributed by atoms with E-state index in [1.54, 1.807) is 6.07 Å². The molecule has 1 saturated carbocycles. The number of benzene rings is 2. The monoisotopic (exact) mass is 333 g/mol. The molecule has 0 amide bonds. The van der Waals surface area contributed by atoms with Crippen LogP contribution in [-0.4, -0.2) is 6.54 Å². The van der Waals surface area contributed by atoms with Crippen molar-refractivity contribution in [1.82, 2.24) is 0 Å². The van der Waals surface area contributed by atoms with Gasteiger partial charge in [-0.25, -0.2) is 0 Å². The molecule has 0 N–H and O–H groups in total. The molecule has 1 heterocycles. The van der Waals surface area contributed by atoms with Crippen molar-refractivity contribution in [2.24, 2.45) is 11.0 Å². The maximum absolute atomic E-state index is 12.6. The lowest BCUT2D eigenvalue weighted by atomic mass is 9.81. The highest BCUT2D eigenvalue weighted by molar-refractivity contribution is 6.03. The van der Waals surface area contributed by atoms with Gasteiger partial charge in [0, 0.05) is 28.8 Å². The quantitative estimate of drug-likeness (QED) is 0.273. The number of fused-ring (bicyclic) bond motifs is 3. The molecule has 126 valence electrons. The summed E-state index contributed by atoms with van der Waals surface area (Å²) in [5, 5.41) is 6.39. The first-order chi connectivity index (χ1) is 12.3. The third-order valence-electron chi connectivity index (χ3n) is 5.29. The average Bonchev–Trinajstić information content (AvgIpc) is 2.66. The molecule has 0 atom stereocenters. The molecule has 0 aliphatic heterocycles. The Hall–Kier alpha value is -2.78. The van der Waals surface area contributed by atoms with E-state index in [4.69, 9.17) is 9.95 Å². The standard InChI is InChI=1S/C20H19N3O2/c21-23-22-12-13-5-7-15(8-6-13)19-11-18(24)17-10-9-14-3-1-2-4-16(14)20(17)25-19/h1-4,9-11,13,15H,5-8,12H2. The van der Waals surface area contributed by atoms with Crippen molar-refractivity contribution in [3.63, 3.8) is 0 Å². The van der Waals surface area contributed by atoms with Crippen molar-refractivity contribution >= 4 is 21.7 Å². The number of azide groups is 1. The minimum atomic E-state index is 0.0261. The lowest BCUT2D eigenvalue weighted by molar-refractivity contribution is 0.306. The predicted octanol–water partition coefficient (Wildman–Crippen LogP) is 5.53. The van der Waals surface area contributed by atoms with Crippen LogP contribution in [-0.2, 0) is 0 Å². The van der Waals surface area contributed by atoms with E-state index in [9.17, 15) is 4.79 Å². The van der Waals surface area contributed by atoms with Crippen LogP contribution in [0.3, 0.4) is 0 Å². The fraction of sp³-hybridized carbons (Fsp3) is 0.350. The van der Waals surface area contributed by atoms with E-state index in [0.717, 1.165) is 42.2 Å². The van der Waals surface area contributed by atoms with Gasteiger partial charge in [-0.15, -0.1) is 0 Å². The summed E-state index contributed by atoms with van der Waals surface area (Å²) in [5.74, 6) is 1.50. The minimum absolute atomic E-state index is 0.0261. The predicted molar refractivity (Wildman–Crippen MR) is 98.7 cm³/mol. The van der Waals surface area contributed by atoms with Gasteiger partial charge in [-0.2, -0.15) is 0 Å². The number of hydrogen-bond acceptors (Lipinski definition) is 3. The summed E-state index contributed by atoms with van der Waals surface area (Å²) in [6, 6.07) is 13.5. The lowest BCUT2D eigenvalue weighted by Gasteiger charge is -2.26. The van der Waals surface area contributed by atoms with E-state index in [-0.39, 0.29) is 11.3 Å². The molecule has 1 aliphatic carbocycles. The fourth-order valence-corrected chi connectivity index (χ4v) is 3.88. The normalized spacial score (nSPS) is 20.5. The highest BCUT2D eigenvalue weighted by Gasteiger charge is 2.24. The molecule has 4 rings (SSSR count). The van der Waals surface area contributed by atoms with Crippen LogP contribution in [0.1, 0.15) is 37.4 Å². The molecule has 0 unspecified atom stereocenters. The van der Waals surface area contributed by atoms with Gasteiger partial charge >= 0.3 is 0 Å². The van der Waals surface area contributed by atoms with Gasteiger partial charge in [0.1, 0.15) is 11.3 Å². The van der Waals surface area contributed by atoms with Gasteiger partial charge in [0.25, 0.3) is 0 Å². The highest BCUT2D eigenvalue weighted by atomic mass is 16.3. The molecular formula is C20H19N3O2. The smallest absolute Gasteiger partial charge is 0.192 e. The first-order valence-corrected chi connectivity index (χ1v) is 8.72. The second-order valence-corrected chi connectivity index (χ2v) is 6.81. The molecule has 0 saturated heterocycles. The van der Waals surface area contributed by atoms with Crippen molar-refractivity contribution in [2.75, 3.05) is 6.54 Å². The van der Waals surface area contributed by atoms with Crippen molar-refractivity contribution < 1.29 is 4.42 Å². The van der Waals surface area contributed by atoms with Crippen molar-refractivity contribution in [3.05, 3.63) is 68.9 Å². The number of nitrogens with zero attached hydrogens (tertiary/aromatic N) is 3. The average molecular weight is 333 g/mol. The zero-order valence-corrected chi connectivity index (χ0v) is 13.9. The Bertz CT molecular complexity index is 1030. The van der Waals surface area contributed by atoms with Crippen LogP contribution in [0, 0.1) is 5.92 Å². The van der Waals surface area contributed by atoms with Crippen molar-refractivity contribution in [3.8, 4) is 0 Å². The molecule has 0 spiro atoms. The van der Waals surface area contributed by atoms with E-state index in [2.05, 4.69) is 10.0 Å². The SMILES string of the molecule is [N-]=[N+]=NCC1CCC(c2cc(=O)c3ccc4ccccc4c3o2)CC1. The van der Waals surface area contributed by atoms with Crippen molar-refractivity contribution in [1.29, 1.82) is 0 Å². The summed E-state index contributed by atoms with van der Waals surface area (Å²) in [7, 11) is 0.